The second-order valence-corrected chi connectivity index (χ2v) is 8.55. The molecule has 1 aliphatic rings. The lowest BCUT2D eigenvalue weighted by Crippen LogP contribution is -2.30. The lowest BCUT2D eigenvalue weighted by Gasteiger charge is -2.16. The summed E-state index contributed by atoms with van der Waals surface area (Å²) in [6, 6.07) is 10.9. The monoisotopic (exact) mass is 518 g/mol. The normalized spacial score (nSPS) is 13.9. The molecule has 152 valence electrons. The van der Waals surface area contributed by atoms with Crippen molar-refractivity contribution in [2.24, 2.45) is 10.7 Å². The molecule has 0 radical (unpaired) electrons. The number of nitrogens with two attached hydrogens (primary N) is 1. The molecule has 6 nitrogen and oxygen atoms in total. The molecule has 0 saturated carbocycles. The first-order valence-corrected chi connectivity index (χ1v) is 10.2. The average Bonchev–Trinajstić information content (AvgIpc) is 3.09. The van der Waals surface area contributed by atoms with Crippen molar-refractivity contribution in [2.45, 2.75) is 24.2 Å². The Balaban J connectivity index is 0.00000280. The Labute approximate surface area is 182 Å². The number of likely N-dealkylation sites (N-methyl/N-ethyl adjacent to an activating group) is 1. The second-order valence-electron chi connectivity index (χ2n) is 6.51. The number of nitrogens with one attached hydrogen (secondary N) is 1. The predicted molar refractivity (Wildman–Crippen MR) is 120 cm³/mol. The van der Waals surface area contributed by atoms with Gasteiger partial charge in [-0.3, -0.25) is 4.99 Å². The minimum Gasteiger partial charge on any atom is -0.370 e. The number of nitrogens with zero attached hydrogens (tertiary/aromatic N) is 2. The fourth-order valence-electron chi connectivity index (χ4n) is 3.05. The van der Waals surface area contributed by atoms with Crippen LogP contribution in [-0.2, 0) is 22.9 Å². The van der Waals surface area contributed by atoms with Crippen molar-refractivity contribution in [2.75, 3.05) is 25.5 Å². The van der Waals surface area contributed by atoms with E-state index < -0.39 is 15.8 Å². The van der Waals surface area contributed by atoms with E-state index >= 15 is 0 Å². The van der Waals surface area contributed by atoms with Gasteiger partial charge in [0.05, 0.1) is 11.4 Å². The van der Waals surface area contributed by atoms with Crippen molar-refractivity contribution in [3.05, 3.63) is 59.4 Å². The maximum absolute atomic E-state index is 13.0. The molecule has 0 bridgehead atoms. The molecule has 28 heavy (non-hydrogen) atoms. The molecule has 0 unspecified atom stereocenters. The standard InChI is InChI=1S/C19H23FN4O2S.HI/c1-24(27(25,26)18-9-6-16(20)7-10-18)12-11-22-19(21)23-17-8-5-14-3-2-4-15(14)13-17;/h5-10,13H,2-4,11-12H2,1H3,(H3,21,22,23);1H. The first kappa shape index (κ1) is 22.6. The van der Waals surface area contributed by atoms with Gasteiger partial charge in [-0.25, -0.2) is 12.8 Å². The number of halogens is 2. The number of benzene rings is 2. The molecule has 0 heterocycles. The summed E-state index contributed by atoms with van der Waals surface area (Å²) in [6.07, 6.45) is 3.37. The van der Waals surface area contributed by atoms with Crippen molar-refractivity contribution in [1.29, 1.82) is 0 Å². The SMILES string of the molecule is CN(CCN=C(N)Nc1ccc2c(c1)CCC2)S(=O)(=O)c1ccc(F)cc1.I. The smallest absolute Gasteiger partial charge is 0.242 e. The minimum absolute atomic E-state index is 0. The highest BCUT2D eigenvalue weighted by atomic mass is 127. The molecule has 0 aliphatic heterocycles. The number of rotatable bonds is 6. The molecular formula is C19H24FIN4O2S. The average molecular weight is 518 g/mol. The minimum atomic E-state index is -3.68. The number of anilines is 1. The van der Waals surface area contributed by atoms with Gasteiger partial charge in [0.1, 0.15) is 5.82 Å². The number of fused-ring (bicyclic) bond motifs is 1. The fourth-order valence-corrected chi connectivity index (χ4v) is 4.22. The van der Waals surface area contributed by atoms with Gasteiger partial charge in [0.2, 0.25) is 10.0 Å². The molecule has 3 N–H and O–H groups in total. The highest BCUT2D eigenvalue weighted by Gasteiger charge is 2.20. The van der Waals surface area contributed by atoms with Gasteiger partial charge in [-0.1, -0.05) is 6.07 Å². The summed E-state index contributed by atoms with van der Waals surface area (Å²) in [6.45, 7) is 0.368. The van der Waals surface area contributed by atoms with Crippen LogP contribution in [0.25, 0.3) is 0 Å². The summed E-state index contributed by atoms with van der Waals surface area (Å²) in [4.78, 5) is 4.23. The van der Waals surface area contributed by atoms with Crippen LogP contribution in [0.15, 0.2) is 52.4 Å². The Morgan fingerprint density at radius 1 is 1.18 bits per heavy atom. The Bertz CT molecular complexity index is 949. The van der Waals surface area contributed by atoms with E-state index in [9.17, 15) is 12.8 Å². The Hall–Kier alpha value is -1.72. The van der Waals surface area contributed by atoms with E-state index in [4.69, 9.17) is 5.73 Å². The Kier molecular flexibility index (Phi) is 7.79. The summed E-state index contributed by atoms with van der Waals surface area (Å²) in [5.74, 6) is -0.243. The number of hydrogen-bond donors (Lipinski definition) is 2. The number of aliphatic imine (C=N–C) groups is 1. The summed E-state index contributed by atoms with van der Waals surface area (Å²) < 4.78 is 39.0. The first-order valence-electron chi connectivity index (χ1n) is 8.77. The van der Waals surface area contributed by atoms with Crippen LogP contribution < -0.4 is 11.1 Å². The van der Waals surface area contributed by atoms with Gasteiger partial charge < -0.3 is 11.1 Å². The third-order valence-corrected chi connectivity index (χ3v) is 6.46. The van der Waals surface area contributed by atoms with Crippen LogP contribution in [0, 0.1) is 5.82 Å². The molecular weight excluding hydrogens is 494 g/mol. The van der Waals surface area contributed by atoms with Gasteiger partial charge in [0, 0.05) is 19.3 Å². The van der Waals surface area contributed by atoms with Crippen molar-refractivity contribution in [1.82, 2.24) is 4.31 Å². The van der Waals surface area contributed by atoms with Gasteiger partial charge in [-0.15, -0.1) is 24.0 Å². The molecule has 0 fully saturated rings. The zero-order valence-corrected chi connectivity index (χ0v) is 18.7. The maximum Gasteiger partial charge on any atom is 0.242 e. The van der Waals surface area contributed by atoms with Crippen molar-refractivity contribution >= 4 is 45.6 Å². The fraction of sp³-hybridized carbons (Fsp3) is 0.316. The highest BCUT2D eigenvalue weighted by molar-refractivity contribution is 14.0. The molecule has 1 aliphatic carbocycles. The molecule has 0 saturated heterocycles. The second kappa shape index (κ2) is 9.66. The van der Waals surface area contributed by atoms with Crippen LogP contribution >= 0.6 is 24.0 Å². The Morgan fingerprint density at radius 3 is 2.57 bits per heavy atom. The molecule has 0 aromatic heterocycles. The topological polar surface area (TPSA) is 87.8 Å². The van der Waals surface area contributed by atoms with E-state index in [0.717, 1.165) is 30.7 Å². The van der Waals surface area contributed by atoms with Gasteiger partial charge in [-0.05, 0) is 66.8 Å². The van der Waals surface area contributed by atoms with Crippen LogP contribution in [0.3, 0.4) is 0 Å². The summed E-state index contributed by atoms with van der Waals surface area (Å²) in [5.41, 5.74) is 9.49. The first-order chi connectivity index (χ1) is 12.9. The molecule has 2 aromatic carbocycles. The maximum atomic E-state index is 13.0. The van der Waals surface area contributed by atoms with Gasteiger partial charge in [0.25, 0.3) is 0 Å². The van der Waals surface area contributed by atoms with Crippen LogP contribution in [0.2, 0.25) is 0 Å². The van der Waals surface area contributed by atoms with Gasteiger partial charge in [-0.2, -0.15) is 4.31 Å². The van der Waals surface area contributed by atoms with Gasteiger partial charge in [0.15, 0.2) is 5.96 Å². The largest absolute Gasteiger partial charge is 0.370 e. The van der Waals surface area contributed by atoms with E-state index in [1.807, 2.05) is 6.07 Å². The molecule has 0 amide bonds. The van der Waals surface area contributed by atoms with Crippen molar-refractivity contribution < 1.29 is 12.8 Å². The van der Waals surface area contributed by atoms with Crippen molar-refractivity contribution in [3.63, 3.8) is 0 Å². The van der Waals surface area contributed by atoms with Crippen molar-refractivity contribution in [3.8, 4) is 0 Å². The van der Waals surface area contributed by atoms with E-state index in [1.165, 1.54) is 41.0 Å². The molecule has 0 spiro atoms. The van der Waals surface area contributed by atoms with Crippen LogP contribution in [0.4, 0.5) is 10.1 Å². The number of hydrogen-bond acceptors (Lipinski definition) is 3. The van der Waals surface area contributed by atoms with E-state index in [0.29, 0.717) is 0 Å². The zero-order valence-electron chi connectivity index (χ0n) is 15.6. The predicted octanol–water partition coefficient (Wildman–Crippen LogP) is 2.98. The van der Waals surface area contributed by atoms with Crippen LogP contribution in [0.1, 0.15) is 17.5 Å². The lowest BCUT2D eigenvalue weighted by atomic mass is 10.1. The van der Waals surface area contributed by atoms with E-state index in [2.05, 4.69) is 22.4 Å². The highest BCUT2D eigenvalue weighted by Crippen LogP contribution is 2.24. The molecule has 0 atom stereocenters. The summed E-state index contributed by atoms with van der Waals surface area (Å²) in [7, 11) is -2.23. The molecule has 2 aromatic rings. The van der Waals surface area contributed by atoms with E-state index in [1.54, 1.807) is 0 Å². The van der Waals surface area contributed by atoms with Crippen LogP contribution in [-0.4, -0.2) is 38.8 Å². The molecule has 9 heteroatoms. The summed E-state index contributed by atoms with van der Waals surface area (Å²) >= 11 is 0. The van der Waals surface area contributed by atoms with Gasteiger partial charge >= 0.3 is 0 Å². The van der Waals surface area contributed by atoms with Crippen LogP contribution in [0.5, 0.6) is 0 Å². The van der Waals surface area contributed by atoms with E-state index in [-0.39, 0.29) is 47.9 Å². The quantitative estimate of drug-likeness (QED) is 0.350. The number of guanidine groups is 1. The third-order valence-electron chi connectivity index (χ3n) is 4.59. The lowest BCUT2D eigenvalue weighted by molar-refractivity contribution is 0.477. The Morgan fingerprint density at radius 2 is 1.86 bits per heavy atom. The zero-order chi connectivity index (χ0) is 19.4. The third kappa shape index (κ3) is 5.42. The number of sulfonamides is 1. The number of aryl methyl sites for hydroxylation is 2. The summed E-state index contributed by atoms with van der Waals surface area (Å²) in [5, 5.41) is 3.04. The molecule has 3 rings (SSSR count).